The summed E-state index contributed by atoms with van der Waals surface area (Å²) in [4.78, 5) is 0. The second kappa shape index (κ2) is 5.37. The summed E-state index contributed by atoms with van der Waals surface area (Å²) in [6.07, 6.45) is 1.60. The molecule has 2 N–H and O–H groups in total. The van der Waals surface area contributed by atoms with Crippen molar-refractivity contribution in [3.8, 4) is 0 Å². The number of hydrogen-bond donors (Lipinski definition) is 2. The number of benzene rings is 1. The maximum Gasteiger partial charge on any atom is 0.0696 e. The van der Waals surface area contributed by atoms with Crippen LogP contribution >= 0.6 is 23.2 Å². The van der Waals surface area contributed by atoms with Crippen molar-refractivity contribution in [2.75, 3.05) is 13.1 Å². The Hall–Kier alpha value is -0.280. The van der Waals surface area contributed by atoms with Crippen molar-refractivity contribution >= 4 is 23.2 Å². The number of β-amino-alcohol motifs (C(OH)–C–C–N with tert-alkyl or cyclic N) is 1. The van der Waals surface area contributed by atoms with Gasteiger partial charge < -0.3 is 10.4 Å². The van der Waals surface area contributed by atoms with Crippen LogP contribution in [0.4, 0.5) is 0 Å². The minimum Gasteiger partial charge on any atom is -0.392 e. The molecule has 1 heterocycles. The average Bonchev–Trinajstić information content (AvgIpc) is 2.27. The standard InChI is InChI=1S/C12H15Cl2NO/c13-10-2-1-8(6-11(10)14)5-9-3-4-15-7-12(9)16/h1-2,6,9,12,15-16H,3-5,7H2/t9?,12-/m1/s1. The first kappa shape index (κ1) is 12.2. The predicted molar refractivity (Wildman–Crippen MR) is 67.1 cm³/mol. The van der Waals surface area contributed by atoms with E-state index in [1.165, 1.54) is 0 Å². The van der Waals surface area contributed by atoms with Gasteiger partial charge in [0.1, 0.15) is 0 Å². The van der Waals surface area contributed by atoms with Crippen LogP contribution in [0.15, 0.2) is 18.2 Å². The van der Waals surface area contributed by atoms with Crippen LogP contribution in [-0.2, 0) is 6.42 Å². The maximum atomic E-state index is 9.83. The van der Waals surface area contributed by atoms with Gasteiger partial charge in [-0.2, -0.15) is 0 Å². The van der Waals surface area contributed by atoms with Gasteiger partial charge in [-0.05, 0) is 43.0 Å². The highest BCUT2D eigenvalue weighted by Gasteiger charge is 2.22. The molecule has 16 heavy (non-hydrogen) atoms. The molecule has 2 rings (SSSR count). The molecule has 2 atom stereocenters. The van der Waals surface area contributed by atoms with E-state index in [4.69, 9.17) is 23.2 Å². The fourth-order valence-electron chi connectivity index (χ4n) is 2.10. The van der Waals surface area contributed by atoms with Crippen LogP contribution in [-0.4, -0.2) is 24.3 Å². The quantitative estimate of drug-likeness (QED) is 0.856. The zero-order valence-electron chi connectivity index (χ0n) is 8.92. The number of nitrogens with one attached hydrogen (secondary N) is 1. The molecule has 0 aliphatic carbocycles. The number of rotatable bonds is 2. The first-order valence-electron chi connectivity index (χ1n) is 5.49. The summed E-state index contributed by atoms with van der Waals surface area (Å²) in [7, 11) is 0. The molecule has 1 aliphatic rings. The van der Waals surface area contributed by atoms with Crippen molar-refractivity contribution in [1.29, 1.82) is 0 Å². The highest BCUT2D eigenvalue weighted by Crippen LogP contribution is 2.25. The molecule has 0 aromatic heterocycles. The predicted octanol–water partition coefficient (Wildman–Crippen LogP) is 2.51. The van der Waals surface area contributed by atoms with Gasteiger partial charge in [-0.3, -0.25) is 0 Å². The molecule has 2 nitrogen and oxygen atoms in total. The van der Waals surface area contributed by atoms with Gasteiger partial charge in [-0.1, -0.05) is 29.3 Å². The molecule has 0 spiro atoms. The Bertz CT molecular complexity index is 370. The molecule has 88 valence electrons. The molecule has 1 aromatic rings. The molecule has 1 unspecified atom stereocenters. The van der Waals surface area contributed by atoms with E-state index in [1.54, 1.807) is 0 Å². The smallest absolute Gasteiger partial charge is 0.0696 e. The first-order chi connectivity index (χ1) is 7.66. The van der Waals surface area contributed by atoms with E-state index in [1.807, 2.05) is 18.2 Å². The van der Waals surface area contributed by atoms with Gasteiger partial charge in [0.05, 0.1) is 16.1 Å². The molecular formula is C12H15Cl2NO. The van der Waals surface area contributed by atoms with Crippen molar-refractivity contribution < 1.29 is 5.11 Å². The van der Waals surface area contributed by atoms with Crippen LogP contribution in [0.5, 0.6) is 0 Å². The molecule has 1 aromatic carbocycles. The Morgan fingerprint density at radius 2 is 2.12 bits per heavy atom. The number of hydrogen-bond acceptors (Lipinski definition) is 2. The lowest BCUT2D eigenvalue weighted by Gasteiger charge is -2.28. The van der Waals surface area contributed by atoms with Gasteiger partial charge in [0.25, 0.3) is 0 Å². The summed E-state index contributed by atoms with van der Waals surface area (Å²) in [6, 6.07) is 5.67. The maximum absolute atomic E-state index is 9.83. The first-order valence-corrected chi connectivity index (χ1v) is 6.25. The summed E-state index contributed by atoms with van der Waals surface area (Å²) >= 11 is 11.8. The van der Waals surface area contributed by atoms with E-state index in [0.29, 0.717) is 22.5 Å². The fourth-order valence-corrected chi connectivity index (χ4v) is 2.42. The molecular weight excluding hydrogens is 245 g/mol. The SMILES string of the molecule is O[C@@H]1CNCCC1Cc1ccc(Cl)c(Cl)c1. The van der Waals surface area contributed by atoms with E-state index in [2.05, 4.69) is 5.32 Å². The third-order valence-electron chi connectivity index (χ3n) is 3.07. The van der Waals surface area contributed by atoms with Crippen LogP contribution in [0, 0.1) is 5.92 Å². The summed E-state index contributed by atoms with van der Waals surface area (Å²) < 4.78 is 0. The Balaban J connectivity index is 2.05. The second-order valence-corrected chi connectivity index (χ2v) is 5.09. The lowest BCUT2D eigenvalue weighted by atomic mass is 9.89. The Morgan fingerprint density at radius 1 is 1.31 bits per heavy atom. The number of aliphatic hydroxyl groups excluding tert-OH is 1. The lowest BCUT2D eigenvalue weighted by Crippen LogP contribution is -2.41. The highest BCUT2D eigenvalue weighted by molar-refractivity contribution is 6.42. The van der Waals surface area contributed by atoms with Crippen molar-refractivity contribution in [3.63, 3.8) is 0 Å². The van der Waals surface area contributed by atoms with Crippen LogP contribution in [0.2, 0.25) is 10.0 Å². The monoisotopic (exact) mass is 259 g/mol. The van der Waals surface area contributed by atoms with Crippen LogP contribution in [0.1, 0.15) is 12.0 Å². The van der Waals surface area contributed by atoms with Gasteiger partial charge in [0.2, 0.25) is 0 Å². The fraction of sp³-hybridized carbons (Fsp3) is 0.500. The van der Waals surface area contributed by atoms with Gasteiger partial charge in [-0.25, -0.2) is 0 Å². The number of piperidine rings is 1. The van der Waals surface area contributed by atoms with E-state index in [-0.39, 0.29) is 6.10 Å². The minimum atomic E-state index is -0.261. The molecule has 0 amide bonds. The highest BCUT2D eigenvalue weighted by atomic mass is 35.5. The molecule has 0 bridgehead atoms. The third kappa shape index (κ3) is 2.89. The van der Waals surface area contributed by atoms with Crippen molar-refractivity contribution in [2.45, 2.75) is 18.9 Å². The van der Waals surface area contributed by atoms with Crippen LogP contribution < -0.4 is 5.32 Å². The van der Waals surface area contributed by atoms with Gasteiger partial charge in [0.15, 0.2) is 0 Å². The van der Waals surface area contributed by atoms with Gasteiger partial charge in [0, 0.05) is 6.54 Å². The third-order valence-corrected chi connectivity index (χ3v) is 3.81. The molecule has 4 heteroatoms. The Morgan fingerprint density at radius 3 is 2.81 bits per heavy atom. The summed E-state index contributed by atoms with van der Waals surface area (Å²) in [6.45, 7) is 1.66. The van der Waals surface area contributed by atoms with E-state index in [0.717, 1.165) is 24.9 Å². The largest absolute Gasteiger partial charge is 0.392 e. The van der Waals surface area contributed by atoms with Crippen molar-refractivity contribution in [3.05, 3.63) is 33.8 Å². The van der Waals surface area contributed by atoms with E-state index < -0.39 is 0 Å². The summed E-state index contributed by atoms with van der Waals surface area (Å²) in [5.41, 5.74) is 1.14. The molecule has 1 fully saturated rings. The topological polar surface area (TPSA) is 32.3 Å². The van der Waals surface area contributed by atoms with Crippen LogP contribution in [0.25, 0.3) is 0 Å². The van der Waals surface area contributed by atoms with Crippen molar-refractivity contribution in [2.24, 2.45) is 5.92 Å². The Kier molecular flexibility index (Phi) is 4.09. The second-order valence-electron chi connectivity index (χ2n) is 4.27. The normalized spacial score (nSPS) is 25.7. The van der Waals surface area contributed by atoms with Gasteiger partial charge in [-0.15, -0.1) is 0 Å². The minimum absolute atomic E-state index is 0.261. The lowest BCUT2D eigenvalue weighted by molar-refractivity contribution is 0.0820. The zero-order valence-corrected chi connectivity index (χ0v) is 10.4. The van der Waals surface area contributed by atoms with E-state index in [9.17, 15) is 5.11 Å². The molecule has 0 radical (unpaired) electrons. The molecule has 1 saturated heterocycles. The summed E-state index contributed by atoms with van der Waals surface area (Å²) in [5.74, 6) is 0.318. The zero-order chi connectivity index (χ0) is 11.5. The number of aliphatic hydroxyl groups is 1. The summed E-state index contributed by atoms with van der Waals surface area (Å²) in [5, 5.41) is 14.2. The van der Waals surface area contributed by atoms with E-state index >= 15 is 0 Å². The average molecular weight is 260 g/mol. The van der Waals surface area contributed by atoms with Crippen LogP contribution in [0.3, 0.4) is 0 Å². The Labute approximate surface area is 106 Å². The van der Waals surface area contributed by atoms with Crippen molar-refractivity contribution in [1.82, 2.24) is 5.32 Å². The van der Waals surface area contributed by atoms with Gasteiger partial charge >= 0.3 is 0 Å². The number of halogens is 2. The molecule has 1 aliphatic heterocycles. The molecule has 0 saturated carbocycles.